The Morgan fingerprint density at radius 3 is 2.87 bits per heavy atom. The van der Waals surface area contributed by atoms with Crippen LogP contribution in [0.4, 0.5) is 10.1 Å². The van der Waals surface area contributed by atoms with Crippen molar-refractivity contribution in [2.45, 2.75) is 26.4 Å². The number of rotatable bonds is 4. The molecule has 1 saturated heterocycles. The van der Waals surface area contributed by atoms with Crippen molar-refractivity contribution >= 4 is 17.2 Å². The number of anilines is 1. The predicted octanol–water partition coefficient (Wildman–Crippen LogP) is 0.935. The zero-order chi connectivity index (χ0) is 21.4. The number of H-pyrrole nitrogens is 1. The van der Waals surface area contributed by atoms with E-state index in [1.807, 2.05) is 6.07 Å². The van der Waals surface area contributed by atoms with Gasteiger partial charge >= 0.3 is 0 Å². The summed E-state index contributed by atoms with van der Waals surface area (Å²) in [6.45, 7) is 6.68. The Labute approximate surface area is 172 Å². The van der Waals surface area contributed by atoms with Gasteiger partial charge < -0.3 is 15.2 Å². The number of carbonyl (C=O) groups is 1. The van der Waals surface area contributed by atoms with Gasteiger partial charge in [0.15, 0.2) is 11.5 Å². The summed E-state index contributed by atoms with van der Waals surface area (Å²) in [4.78, 5) is 34.6. The first-order valence-electron chi connectivity index (χ1n) is 9.80. The van der Waals surface area contributed by atoms with Crippen LogP contribution in [0.25, 0.3) is 5.65 Å². The Balaban J connectivity index is 1.45. The number of aryl methyl sites for hydroxylation is 1. The van der Waals surface area contributed by atoms with Crippen molar-refractivity contribution in [1.82, 2.24) is 29.8 Å². The van der Waals surface area contributed by atoms with E-state index in [0.29, 0.717) is 36.5 Å². The third-order valence-electron chi connectivity index (χ3n) is 5.47. The number of carbonyl (C=O) groups excluding carboxylic acids is 1. The van der Waals surface area contributed by atoms with Gasteiger partial charge in [-0.15, -0.1) is 0 Å². The number of amides is 1. The lowest BCUT2D eigenvalue weighted by atomic mass is 10.1. The van der Waals surface area contributed by atoms with Gasteiger partial charge in [0.25, 0.3) is 11.5 Å². The van der Waals surface area contributed by atoms with Gasteiger partial charge in [-0.1, -0.05) is 0 Å². The summed E-state index contributed by atoms with van der Waals surface area (Å²) < 4.78 is 16.0. The van der Waals surface area contributed by atoms with Crippen LogP contribution in [0.15, 0.2) is 29.3 Å². The van der Waals surface area contributed by atoms with E-state index in [-0.39, 0.29) is 17.3 Å². The Hall–Kier alpha value is -3.27. The highest BCUT2D eigenvalue weighted by molar-refractivity contribution is 5.92. The SMILES string of the molecule is CNC(=O)c1ncc(N2CCN(Cc3cc4[nH]c(=O)c(C)cn4n3)C(C)C2)cc1F. The van der Waals surface area contributed by atoms with Crippen LogP contribution in [0, 0.1) is 12.7 Å². The van der Waals surface area contributed by atoms with Crippen molar-refractivity contribution in [2.24, 2.45) is 0 Å². The zero-order valence-corrected chi connectivity index (χ0v) is 17.1. The first-order valence-corrected chi connectivity index (χ1v) is 9.80. The number of pyridine rings is 1. The first-order chi connectivity index (χ1) is 14.4. The molecule has 1 fully saturated rings. The molecule has 1 aliphatic rings. The molecule has 0 spiro atoms. The van der Waals surface area contributed by atoms with Gasteiger partial charge in [-0.2, -0.15) is 5.10 Å². The topological polar surface area (TPSA) is 98.6 Å². The molecule has 0 bridgehead atoms. The quantitative estimate of drug-likeness (QED) is 0.661. The average molecular weight is 413 g/mol. The minimum Gasteiger partial charge on any atom is -0.367 e. The maximum absolute atomic E-state index is 14.3. The molecule has 158 valence electrons. The molecule has 1 atom stereocenters. The fourth-order valence-corrected chi connectivity index (χ4v) is 3.73. The lowest BCUT2D eigenvalue weighted by molar-refractivity contribution is 0.0953. The average Bonchev–Trinajstić information content (AvgIpc) is 3.10. The third-order valence-corrected chi connectivity index (χ3v) is 5.47. The summed E-state index contributed by atoms with van der Waals surface area (Å²) in [5, 5.41) is 6.94. The van der Waals surface area contributed by atoms with Gasteiger partial charge in [0.05, 0.1) is 17.6 Å². The molecule has 1 unspecified atom stereocenters. The predicted molar refractivity (Wildman–Crippen MR) is 110 cm³/mol. The van der Waals surface area contributed by atoms with E-state index in [4.69, 9.17) is 0 Å². The molecule has 0 aliphatic carbocycles. The second kappa shape index (κ2) is 7.86. The maximum atomic E-state index is 14.3. The molecule has 30 heavy (non-hydrogen) atoms. The number of aromatic amines is 1. The number of fused-ring (bicyclic) bond motifs is 1. The van der Waals surface area contributed by atoms with Crippen molar-refractivity contribution < 1.29 is 9.18 Å². The Bertz CT molecular complexity index is 1160. The molecule has 0 aromatic carbocycles. The Morgan fingerprint density at radius 1 is 1.37 bits per heavy atom. The second-order valence-corrected chi connectivity index (χ2v) is 7.60. The summed E-state index contributed by atoms with van der Waals surface area (Å²) in [7, 11) is 1.44. The number of piperazine rings is 1. The van der Waals surface area contributed by atoms with Crippen LogP contribution >= 0.6 is 0 Å². The highest BCUT2D eigenvalue weighted by Gasteiger charge is 2.26. The molecule has 3 aromatic heterocycles. The van der Waals surface area contributed by atoms with Gasteiger partial charge in [0, 0.05) is 63.2 Å². The van der Waals surface area contributed by atoms with Crippen molar-refractivity contribution in [2.75, 3.05) is 31.6 Å². The number of nitrogens with one attached hydrogen (secondary N) is 2. The second-order valence-electron chi connectivity index (χ2n) is 7.60. The number of nitrogens with zero attached hydrogens (tertiary/aromatic N) is 5. The summed E-state index contributed by atoms with van der Waals surface area (Å²) in [5.41, 5.74) is 2.51. The number of aromatic nitrogens is 4. The van der Waals surface area contributed by atoms with E-state index < -0.39 is 11.7 Å². The summed E-state index contributed by atoms with van der Waals surface area (Å²) >= 11 is 0. The smallest absolute Gasteiger partial charge is 0.272 e. The Kier molecular flexibility index (Phi) is 5.25. The molecule has 9 nitrogen and oxygen atoms in total. The number of hydrogen-bond acceptors (Lipinski definition) is 6. The minimum absolute atomic E-state index is 0.112. The van der Waals surface area contributed by atoms with Crippen LogP contribution in [0.1, 0.15) is 28.7 Å². The molecule has 3 aromatic rings. The van der Waals surface area contributed by atoms with Crippen molar-refractivity contribution in [3.8, 4) is 0 Å². The molecule has 1 aliphatic heterocycles. The largest absolute Gasteiger partial charge is 0.367 e. The van der Waals surface area contributed by atoms with Crippen molar-refractivity contribution in [1.29, 1.82) is 0 Å². The van der Waals surface area contributed by atoms with Gasteiger partial charge in [-0.3, -0.25) is 14.5 Å². The van der Waals surface area contributed by atoms with Gasteiger partial charge in [-0.05, 0) is 13.8 Å². The molecule has 2 N–H and O–H groups in total. The van der Waals surface area contributed by atoms with E-state index in [0.717, 1.165) is 12.2 Å². The molecule has 4 rings (SSSR count). The molecule has 4 heterocycles. The summed E-state index contributed by atoms with van der Waals surface area (Å²) in [5.74, 6) is -1.17. The van der Waals surface area contributed by atoms with E-state index >= 15 is 0 Å². The van der Waals surface area contributed by atoms with Gasteiger partial charge in [-0.25, -0.2) is 13.9 Å². The van der Waals surface area contributed by atoms with E-state index in [1.165, 1.54) is 19.3 Å². The van der Waals surface area contributed by atoms with Crippen LogP contribution in [-0.4, -0.2) is 63.1 Å². The van der Waals surface area contributed by atoms with Crippen molar-refractivity contribution in [3.05, 3.63) is 57.6 Å². The monoisotopic (exact) mass is 413 g/mol. The van der Waals surface area contributed by atoms with E-state index in [1.54, 1.807) is 17.6 Å². The maximum Gasteiger partial charge on any atom is 0.272 e. The third kappa shape index (κ3) is 3.78. The minimum atomic E-state index is -0.629. The molecule has 0 radical (unpaired) electrons. The first kappa shape index (κ1) is 20.0. The van der Waals surface area contributed by atoms with Gasteiger partial charge in [0.1, 0.15) is 5.65 Å². The molecule has 0 saturated carbocycles. The molecular weight excluding hydrogens is 389 g/mol. The molecule has 1 amide bonds. The van der Waals surface area contributed by atoms with Crippen molar-refractivity contribution in [3.63, 3.8) is 0 Å². The van der Waals surface area contributed by atoms with Crippen LogP contribution in [0.5, 0.6) is 0 Å². The Morgan fingerprint density at radius 2 is 2.17 bits per heavy atom. The van der Waals surface area contributed by atoms with Crippen LogP contribution in [-0.2, 0) is 6.54 Å². The van der Waals surface area contributed by atoms with Gasteiger partial charge in [0.2, 0.25) is 0 Å². The lowest BCUT2D eigenvalue weighted by Crippen LogP contribution is -2.51. The van der Waals surface area contributed by atoms with Crippen LogP contribution < -0.4 is 15.8 Å². The fourth-order valence-electron chi connectivity index (χ4n) is 3.73. The molecule has 10 heteroatoms. The standard InChI is InChI=1S/C20H24FN7O2/c1-12-9-28-17(24-19(12)29)6-14(25-28)11-26-4-5-27(10-13(26)2)15-7-16(21)18(23-8-15)20(30)22-3/h6-9,13H,4-5,10-11H2,1-3H3,(H,22,30)(H,24,29). The zero-order valence-electron chi connectivity index (χ0n) is 17.1. The molecular formula is C20H24FN7O2. The summed E-state index contributed by atoms with van der Waals surface area (Å²) in [6.07, 6.45) is 3.26. The summed E-state index contributed by atoms with van der Waals surface area (Å²) in [6, 6.07) is 3.45. The van der Waals surface area contributed by atoms with E-state index in [9.17, 15) is 14.0 Å². The fraction of sp³-hybridized carbons (Fsp3) is 0.400. The lowest BCUT2D eigenvalue weighted by Gasteiger charge is -2.40. The van der Waals surface area contributed by atoms with Crippen LogP contribution in [0.2, 0.25) is 0 Å². The number of halogens is 1. The highest BCUT2D eigenvalue weighted by Crippen LogP contribution is 2.22. The van der Waals surface area contributed by atoms with Crippen LogP contribution in [0.3, 0.4) is 0 Å². The highest BCUT2D eigenvalue weighted by atomic mass is 19.1. The number of hydrogen-bond donors (Lipinski definition) is 2. The normalized spacial score (nSPS) is 17.5. The van der Waals surface area contributed by atoms with E-state index in [2.05, 4.69) is 37.1 Å².